The number of hydrogen-bond acceptors (Lipinski definition) is 7. The van der Waals surface area contributed by atoms with Gasteiger partial charge < -0.3 is 15.2 Å². The molecule has 2 aromatic heterocycles. The number of para-hydroxylation sites is 1. The van der Waals surface area contributed by atoms with Gasteiger partial charge in [-0.1, -0.05) is 18.6 Å². The number of carbonyl (C=O) groups excluding carboxylic acids is 1. The number of ether oxygens (including phenoxy) is 1. The van der Waals surface area contributed by atoms with Gasteiger partial charge in [0, 0.05) is 0 Å². The highest BCUT2D eigenvalue weighted by Gasteiger charge is 2.24. The first-order valence-electron chi connectivity index (χ1n) is 9.59. The first-order chi connectivity index (χ1) is 14.0. The molecule has 2 heterocycles. The fourth-order valence-corrected chi connectivity index (χ4v) is 4.69. The number of nitrogens with zero attached hydrogens (tertiary/aromatic N) is 2. The minimum Gasteiger partial charge on any atom is -0.478 e. The van der Waals surface area contributed by atoms with Crippen molar-refractivity contribution >= 4 is 45.0 Å². The van der Waals surface area contributed by atoms with E-state index in [1.54, 1.807) is 18.2 Å². The van der Waals surface area contributed by atoms with Gasteiger partial charge in [0.05, 0.1) is 16.6 Å². The van der Waals surface area contributed by atoms with Gasteiger partial charge in [-0.15, -0.1) is 11.3 Å². The van der Waals surface area contributed by atoms with Crippen LogP contribution in [-0.4, -0.2) is 33.1 Å². The molecule has 0 unspecified atom stereocenters. The number of rotatable bonds is 5. The number of benzene rings is 1. The molecule has 0 saturated heterocycles. The number of aromatic nitrogens is 2. The summed E-state index contributed by atoms with van der Waals surface area (Å²) in [5, 5.41) is 13.2. The van der Waals surface area contributed by atoms with Gasteiger partial charge in [0.15, 0.2) is 0 Å². The van der Waals surface area contributed by atoms with Gasteiger partial charge in [-0.2, -0.15) is 0 Å². The van der Waals surface area contributed by atoms with E-state index >= 15 is 0 Å². The highest BCUT2D eigenvalue weighted by atomic mass is 32.1. The molecule has 0 bridgehead atoms. The summed E-state index contributed by atoms with van der Waals surface area (Å²) in [6, 6.07) is 6.62. The van der Waals surface area contributed by atoms with E-state index in [9.17, 15) is 14.7 Å². The number of aromatic carboxylic acids is 1. The smallest absolute Gasteiger partial charge is 0.348 e. The Bertz CT molecular complexity index is 1070. The lowest BCUT2D eigenvalue weighted by Gasteiger charge is -2.21. The van der Waals surface area contributed by atoms with E-state index in [1.165, 1.54) is 30.2 Å². The highest BCUT2D eigenvalue weighted by molar-refractivity contribution is 7.20. The third-order valence-corrected chi connectivity index (χ3v) is 6.33. The molecule has 4 rings (SSSR count). The fraction of sp³-hybridized carbons (Fsp3) is 0.333. The van der Waals surface area contributed by atoms with Crippen LogP contribution in [0.5, 0.6) is 0 Å². The molecule has 0 aliphatic heterocycles. The lowest BCUT2D eigenvalue weighted by molar-refractivity contribution is 0.0216. The Hall–Kier alpha value is -3.00. The molecule has 0 spiro atoms. The molecule has 2 N–H and O–H groups in total. The minimum atomic E-state index is -1.03. The van der Waals surface area contributed by atoms with Gasteiger partial charge in [-0.05, 0) is 50.3 Å². The summed E-state index contributed by atoms with van der Waals surface area (Å²) < 4.78 is 5.72. The number of nitrogens with one attached hydrogen (secondary N) is 1. The Balaban J connectivity index is 1.67. The van der Waals surface area contributed by atoms with Gasteiger partial charge in [-0.3, -0.25) is 0 Å². The Kier molecular flexibility index (Phi) is 5.44. The zero-order valence-electron chi connectivity index (χ0n) is 16.0. The number of carboxylic acids is 1. The number of anilines is 2. The van der Waals surface area contributed by atoms with E-state index in [0.29, 0.717) is 26.6 Å². The fourth-order valence-electron chi connectivity index (χ4n) is 3.66. The zero-order valence-corrected chi connectivity index (χ0v) is 16.8. The summed E-state index contributed by atoms with van der Waals surface area (Å²) in [5.41, 5.74) is 1.31. The summed E-state index contributed by atoms with van der Waals surface area (Å²) >= 11 is 1.27. The number of thiophene rings is 1. The van der Waals surface area contributed by atoms with Crippen LogP contribution in [0.3, 0.4) is 0 Å². The summed E-state index contributed by atoms with van der Waals surface area (Å²) in [5.74, 6) is -0.888. The average Bonchev–Trinajstić information content (AvgIpc) is 3.07. The number of hydrogen-bond donors (Lipinski definition) is 2. The van der Waals surface area contributed by atoms with Crippen molar-refractivity contribution in [1.82, 2.24) is 9.97 Å². The Morgan fingerprint density at radius 2 is 1.93 bits per heavy atom. The first-order valence-corrected chi connectivity index (χ1v) is 10.4. The van der Waals surface area contributed by atoms with Crippen LogP contribution in [-0.2, 0) is 4.74 Å². The van der Waals surface area contributed by atoms with E-state index in [4.69, 9.17) is 4.74 Å². The molecule has 8 heteroatoms. The Morgan fingerprint density at radius 3 is 2.69 bits per heavy atom. The van der Waals surface area contributed by atoms with Crippen LogP contribution < -0.4 is 5.32 Å². The molecule has 0 amide bonds. The standard InChI is InChI=1S/C21H21N3O4S/c1-12-16-18(24-15-10-6-5-9-14(15)20(25)26)22-11-23-19(16)29-17(12)21(27)28-13-7-3-2-4-8-13/h5-6,9-11,13H,2-4,7-8H2,1H3,(H,25,26)(H,22,23,24). The topological polar surface area (TPSA) is 101 Å². The molecular formula is C21H21N3O4S. The maximum absolute atomic E-state index is 12.8. The van der Waals surface area contributed by atoms with Crippen molar-refractivity contribution in [1.29, 1.82) is 0 Å². The quantitative estimate of drug-likeness (QED) is 0.574. The normalized spacial score (nSPS) is 14.7. The molecule has 0 radical (unpaired) electrons. The van der Waals surface area contributed by atoms with Crippen molar-refractivity contribution in [3.63, 3.8) is 0 Å². The minimum absolute atomic E-state index is 0.0213. The van der Waals surface area contributed by atoms with Crippen molar-refractivity contribution < 1.29 is 19.4 Å². The predicted molar refractivity (Wildman–Crippen MR) is 111 cm³/mol. The lowest BCUT2D eigenvalue weighted by atomic mass is 9.98. The molecule has 1 aromatic carbocycles. The number of carbonyl (C=O) groups is 2. The summed E-state index contributed by atoms with van der Waals surface area (Å²) in [6.45, 7) is 1.84. The van der Waals surface area contributed by atoms with Crippen molar-refractivity contribution in [3.05, 3.63) is 46.6 Å². The SMILES string of the molecule is Cc1c(C(=O)OC2CCCCC2)sc2ncnc(Nc3ccccc3C(=O)O)c12. The Labute approximate surface area is 171 Å². The molecule has 29 heavy (non-hydrogen) atoms. The molecule has 1 aliphatic rings. The van der Waals surface area contributed by atoms with E-state index in [-0.39, 0.29) is 17.6 Å². The van der Waals surface area contributed by atoms with Gasteiger partial charge in [0.25, 0.3) is 0 Å². The van der Waals surface area contributed by atoms with Crippen LogP contribution >= 0.6 is 11.3 Å². The largest absolute Gasteiger partial charge is 0.478 e. The molecule has 1 fully saturated rings. The van der Waals surface area contributed by atoms with Crippen LogP contribution in [0, 0.1) is 6.92 Å². The van der Waals surface area contributed by atoms with Crippen molar-refractivity contribution in [3.8, 4) is 0 Å². The number of aryl methyl sites for hydroxylation is 1. The maximum atomic E-state index is 12.8. The second-order valence-corrected chi connectivity index (χ2v) is 8.10. The molecule has 7 nitrogen and oxygen atoms in total. The number of fused-ring (bicyclic) bond motifs is 1. The second kappa shape index (κ2) is 8.16. The maximum Gasteiger partial charge on any atom is 0.348 e. The monoisotopic (exact) mass is 411 g/mol. The second-order valence-electron chi connectivity index (χ2n) is 7.10. The van der Waals surface area contributed by atoms with E-state index in [1.807, 2.05) is 6.92 Å². The number of carboxylic acid groups (broad SMARTS) is 1. The van der Waals surface area contributed by atoms with Crippen LogP contribution in [0.2, 0.25) is 0 Å². The van der Waals surface area contributed by atoms with Crippen molar-refractivity contribution in [2.45, 2.75) is 45.1 Å². The summed E-state index contributed by atoms with van der Waals surface area (Å²) in [7, 11) is 0. The molecule has 1 aliphatic carbocycles. The van der Waals surface area contributed by atoms with Gasteiger partial charge in [-0.25, -0.2) is 19.6 Å². The first kappa shape index (κ1) is 19.3. The van der Waals surface area contributed by atoms with Gasteiger partial charge >= 0.3 is 11.9 Å². The predicted octanol–water partition coefficient (Wildman–Crippen LogP) is 4.93. The molecule has 3 aromatic rings. The van der Waals surface area contributed by atoms with E-state index in [2.05, 4.69) is 15.3 Å². The summed E-state index contributed by atoms with van der Waals surface area (Å²) in [6.07, 6.45) is 6.57. The van der Waals surface area contributed by atoms with Crippen LogP contribution in [0.25, 0.3) is 10.2 Å². The number of esters is 1. The van der Waals surface area contributed by atoms with E-state index < -0.39 is 5.97 Å². The molecule has 0 atom stereocenters. The van der Waals surface area contributed by atoms with Crippen LogP contribution in [0.15, 0.2) is 30.6 Å². The van der Waals surface area contributed by atoms with Crippen LogP contribution in [0.4, 0.5) is 11.5 Å². The zero-order chi connectivity index (χ0) is 20.4. The van der Waals surface area contributed by atoms with Crippen LogP contribution in [0.1, 0.15) is 57.7 Å². The molecular weight excluding hydrogens is 390 g/mol. The molecule has 150 valence electrons. The lowest BCUT2D eigenvalue weighted by Crippen LogP contribution is -2.20. The van der Waals surface area contributed by atoms with Gasteiger partial charge in [0.1, 0.15) is 28.0 Å². The van der Waals surface area contributed by atoms with E-state index in [0.717, 1.165) is 31.2 Å². The summed E-state index contributed by atoms with van der Waals surface area (Å²) in [4.78, 5) is 34.0. The molecule has 1 saturated carbocycles. The Morgan fingerprint density at radius 1 is 1.17 bits per heavy atom. The third-order valence-electron chi connectivity index (χ3n) is 5.15. The average molecular weight is 411 g/mol. The van der Waals surface area contributed by atoms with Gasteiger partial charge in [0.2, 0.25) is 0 Å². The highest BCUT2D eigenvalue weighted by Crippen LogP contribution is 2.36. The van der Waals surface area contributed by atoms with Crippen molar-refractivity contribution in [2.75, 3.05) is 5.32 Å². The van der Waals surface area contributed by atoms with Crippen molar-refractivity contribution in [2.24, 2.45) is 0 Å². The third kappa shape index (κ3) is 3.93.